The Hall–Kier alpha value is -2.08. The molecule has 0 bridgehead atoms. The van der Waals surface area contributed by atoms with Crippen molar-refractivity contribution < 1.29 is 8.78 Å². The van der Waals surface area contributed by atoms with Crippen LogP contribution in [0.4, 0.5) is 20.3 Å². The van der Waals surface area contributed by atoms with Crippen LogP contribution >= 0.6 is 12.2 Å². The van der Waals surface area contributed by atoms with E-state index in [1.807, 2.05) is 0 Å². The van der Waals surface area contributed by atoms with E-state index in [2.05, 4.69) is 10.3 Å². The Bertz CT molecular complexity index is 602. The molecule has 3 N–H and O–H groups in total. The van der Waals surface area contributed by atoms with E-state index in [4.69, 9.17) is 18.0 Å². The van der Waals surface area contributed by atoms with Crippen molar-refractivity contribution in [3.63, 3.8) is 0 Å². The number of benzene rings is 1. The van der Waals surface area contributed by atoms with Gasteiger partial charge in [-0.15, -0.1) is 0 Å². The van der Waals surface area contributed by atoms with Crippen LogP contribution in [0.1, 0.15) is 5.56 Å². The third-order valence-corrected chi connectivity index (χ3v) is 2.49. The summed E-state index contributed by atoms with van der Waals surface area (Å²) in [5, 5.41) is 2.67. The summed E-state index contributed by atoms with van der Waals surface area (Å²) in [6.45, 7) is 0. The van der Waals surface area contributed by atoms with Crippen molar-refractivity contribution in [1.82, 2.24) is 4.98 Å². The molecule has 0 fully saturated rings. The summed E-state index contributed by atoms with van der Waals surface area (Å²) >= 11 is 4.82. The van der Waals surface area contributed by atoms with E-state index in [0.717, 1.165) is 6.07 Å². The van der Waals surface area contributed by atoms with Crippen LogP contribution in [0.25, 0.3) is 0 Å². The molecule has 0 saturated carbocycles. The molecule has 1 aromatic heterocycles. The van der Waals surface area contributed by atoms with Gasteiger partial charge in [-0.2, -0.15) is 0 Å². The number of anilines is 2. The first-order chi connectivity index (χ1) is 8.58. The molecule has 0 radical (unpaired) electrons. The monoisotopic (exact) mass is 265 g/mol. The first-order valence-corrected chi connectivity index (χ1v) is 5.45. The Balaban J connectivity index is 2.31. The van der Waals surface area contributed by atoms with E-state index >= 15 is 0 Å². The molecule has 1 heterocycles. The van der Waals surface area contributed by atoms with Gasteiger partial charge < -0.3 is 11.1 Å². The molecular formula is C12H9F2N3S. The van der Waals surface area contributed by atoms with E-state index < -0.39 is 11.6 Å². The van der Waals surface area contributed by atoms with Crippen LogP contribution in [-0.2, 0) is 0 Å². The highest BCUT2D eigenvalue weighted by Crippen LogP contribution is 2.20. The van der Waals surface area contributed by atoms with Gasteiger partial charge in [0.05, 0.1) is 5.69 Å². The summed E-state index contributed by atoms with van der Waals surface area (Å²) in [4.78, 5) is 4.18. The first kappa shape index (κ1) is 12.4. The molecule has 2 rings (SSSR count). The molecule has 0 aliphatic rings. The van der Waals surface area contributed by atoms with Gasteiger partial charge in [0, 0.05) is 11.8 Å². The molecule has 0 atom stereocenters. The lowest BCUT2D eigenvalue weighted by Crippen LogP contribution is -2.10. The molecule has 1 aromatic carbocycles. The molecule has 6 heteroatoms. The Morgan fingerprint density at radius 3 is 2.78 bits per heavy atom. The third-order valence-electron chi connectivity index (χ3n) is 2.26. The van der Waals surface area contributed by atoms with Crippen LogP contribution in [0.15, 0.2) is 36.5 Å². The lowest BCUT2D eigenvalue weighted by atomic mass is 10.2. The van der Waals surface area contributed by atoms with Crippen LogP contribution in [0, 0.1) is 11.6 Å². The maximum atomic E-state index is 13.4. The summed E-state index contributed by atoms with van der Waals surface area (Å²) in [6.07, 6.45) is 1.48. The average Bonchev–Trinajstić information content (AvgIpc) is 2.35. The number of thiocarbonyl (C=S) groups is 1. The van der Waals surface area contributed by atoms with Crippen LogP contribution < -0.4 is 11.1 Å². The normalized spacial score (nSPS) is 10.1. The van der Waals surface area contributed by atoms with Crippen LogP contribution in [0.5, 0.6) is 0 Å². The van der Waals surface area contributed by atoms with Crippen molar-refractivity contribution in [2.75, 3.05) is 5.32 Å². The molecule has 0 amide bonds. The number of nitrogens with one attached hydrogen (secondary N) is 1. The quantitative estimate of drug-likeness (QED) is 0.838. The molecule has 18 heavy (non-hydrogen) atoms. The minimum atomic E-state index is -0.958. The number of pyridine rings is 1. The third kappa shape index (κ3) is 2.60. The Morgan fingerprint density at radius 1 is 1.28 bits per heavy atom. The average molecular weight is 265 g/mol. The summed E-state index contributed by atoms with van der Waals surface area (Å²) in [5.41, 5.74) is 6.07. The SMILES string of the molecule is NC(=S)c1ccnc(Nc2cccc(F)c2F)c1. The first-order valence-electron chi connectivity index (χ1n) is 5.05. The van der Waals surface area contributed by atoms with Gasteiger partial charge in [0.25, 0.3) is 0 Å². The standard InChI is InChI=1S/C12H9F2N3S/c13-8-2-1-3-9(11(8)14)17-10-6-7(12(15)18)4-5-16-10/h1-6H,(H2,15,18)(H,16,17). The topological polar surface area (TPSA) is 50.9 Å². The van der Waals surface area contributed by atoms with Gasteiger partial charge in [0.2, 0.25) is 0 Å². The van der Waals surface area contributed by atoms with E-state index in [1.165, 1.54) is 18.3 Å². The number of nitrogens with zero attached hydrogens (tertiary/aromatic N) is 1. The van der Waals surface area contributed by atoms with E-state index in [1.54, 1.807) is 12.1 Å². The summed E-state index contributed by atoms with van der Waals surface area (Å²) in [7, 11) is 0. The van der Waals surface area contributed by atoms with Gasteiger partial charge in [0.1, 0.15) is 10.8 Å². The fourth-order valence-electron chi connectivity index (χ4n) is 1.39. The van der Waals surface area contributed by atoms with E-state index in [-0.39, 0.29) is 10.7 Å². The van der Waals surface area contributed by atoms with Crippen LogP contribution in [0.2, 0.25) is 0 Å². The summed E-state index contributed by atoms with van der Waals surface area (Å²) in [6, 6.07) is 7.05. The second kappa shape index (κ2) is 5.05. The largest absolute Gasteiger partial charge is 0.389 e. The zero-order valence-electron chi connectivity index (χ0n) is 9.15. The van der Waals surface area contributed by atoms with Gasteiger partial charge >= 0.3 is 0 Å². The minimum absolute atomic E-state index is 0.00240. The van der Waals surface area contributed by atoms with Gasteiger partial charge in [-0.25, -0.2) is 13.8 Å². The molecule has 0 aliphatic heterocycles. The lowest BCUT2D eigenvalue weighted by Gasteiger charge is -2.08. The second-order valence-electron chi connectivity index (χ2n) is 3.52. The molecule has 0 unspecified atom stereocenters. The number of rotatable bonds is 3. The van der Waals surface area contributed by atoms with E-state index in [0.29, 0.717) is 11.4 Å². The molecule has 92 valence electrons. The molecule has 0 spiro atoms. The lowest BCUT2D eigenvalue weighted by molar-refractivity contribution is 0.511. The Morgan fingerprint density at radius 2 is 2.06 bits per heavy atom. The molecule has 0 saturated heterocycles. The zero-order valence-corrected chi connectivity index (χ0v) is 9.97. The van der Waals surface area contributed by atoms with Gasteiger partial charge in [0.15, 0.2) is 11.6 Å². The van der Waals surface area contributed by atoms with Crippen molar-refractivity contribution >= 4 is 28.7 Å². The minimum Gasteiger partial charge on any atom is -0.389 e. The van der Waals surface area contributed by atoms with Crippen LogP contribution in [0.3, 0.4) is 0 Å². The van der Waals surface area contributed by atoms with Crippen LogP contribution in [-0.4, -0.2) is 9.97 Å². The van der Waals surface area contributed by atoms with Gasteiger partial charge in [-0.05, 0) is 24.3 Å². The van der Waals surface area contributed by atoms with Crippen molar-refractivity contribution in [3.05, 3.63) is 53.7 Å². The maximum absolute atomic E-state index is 13.4. The summed E-state index contributed by atoms with van der Waals surface area (Å²) < 4.78 is 26.4. The number of hydrogen-bond donors (Lipinski definition) is 2. The highest BCUT2D eigenvalue weighted by atomic mass is 32.1. The second-order valence-corrected chi connectivity index (χ2v) is 3.96. The highest BCUT2D eigenvalue weighted by molar-refractivity contribution is 7.80. The maximum Gasteiger partial charge on any atom is 0.182 e. The Labute approximate surface area is 108 Å². The van der Waals surface area contributed by atoms with Gasteiger partial charge in [-0.1, -0.05) is 18.3 Å². The van der Waals surface area contributed by atoms with Crippen molar-refractivity contribution in [1.29, 1.82) is 0 Å². The molecule has 0 aliphatic carbocycles. The molecule has 3 nitrogen and oxygen atoms in total. The fourth-order valence-corrected chi connectivity index (χ4v) is 1.52. The molecular weight excluding hydrogens is 256 g/mol. The van der Waals surface area contributed by atoms with Crippen molar-refractivity contribution in [3.8, 4) is 0 Å². The smallest absolute Gasteiger partial charge is 0.182 e. The Kier molecular flexibility index (Phi) is 3.47. The predicted octanol–water partition coefficient (Wildman–Crippen LogP) is 2.74. The number of halogens is 2. The summed E-state index contributed by atoms with van der Waals surface area (Å²) in [5.74, 6) is -1.55. The number of hydrogen-bond acceptors (Lipinski definition) is 3. The van der Waals surface area contributed by atoms with Gasteiger partial charge in [-0.3, -0.25) is 0 Å². The number of nitrogens with two attached hydrogens (primary N) is 1. The highest BCUT2D eigenvalue weighted by Gasteiger charge is 2.08. The fraction of sp³-hybridized carbons (Fsp3) is 0. The van der Waals surface area contributed by atoms with E-state index in [9.17, 15) is 8.78 Å². The van der Waals surface area contributed by atoms with Crippen molar-refractivity contribution in [2.24, 2.45) is 5.73 Å². The number of aromatic nitrogens is 1. The predicted molar refractivity (Wildman–Crippen MR) is 69.8 cm³/mol. The van der Waals surface area contributed by atoms with Crippen molar-refractivity contribution in [2.45, 2.75) is 0 Å². The molecule has 2 aromatic rings. The zero-order chi connectivity index (χ0) is 13.1.